The van der Waals surface area contributed by atoms with Gasteiger partial charge in [-0.2, -0.15) is 5.10 Å². The van der Waals surface area contributed by atoms with Crippen molar-refractivity contribution in [3.8, 4) is 0 Å². The molecular weight excluding hydrogens is 142 g/mol. The number of carbonyl (C=O) groups is 1. The SMILES string of the molecule is C=CC(=O)CCn1cncn1. The van der Waals surface area contributed by atoms with E-state index in [2.05, 4.69) is 16.7 Å². The van der Waals surface area contributed by atoms with Gasteiger partial charge in [0.15, 0.2) is 5.78 Å². The fourth-order valence-electron chi connectivity index (χ4n) is 0.675. The van der Waals surface area contributed by atoms with Crippen LogP contribution in [-0.2, 0) is 11.3 Å². The molecule has 0 saturated heterocycles. The zero-order chi connectivity index (χ0) is 8.10. The van der Waals surface area contributed by atoms with Crippen LogP contribution in [0.25, 0.3) is 0 Å². The van der Waals surface area contributed by atoms with Crippen molar-refractivity contribution in [2.45, 2.75) is 13.0 Å². The Hall–Kier alpha value is -1.45. The molecule has 4 nitrogen and oxygen atoms in total. The van der Waals surface area contributed by atoms with Gasteiger partial charge in [-0.1, -0.05) is 6.58 Å². The summed E-state index contributed by atoms with van der Waals surface area (Å²) in [7, 11) is 0. The second-order valence-electron chi connectivity index (χ2n) is 2.08. The van der Waals surface area contributed by atoms with Gasteiger partial charge in [0.05, 0.1) is 0 Å². The van der Waals surface area contributed by atoms with Gasteiger partial charge in [0, 0.05) is 13.0 Å². The molecule has 4 heteroatoms. The van der Waals surface area contributed by atoms with Crippen LogP contribution in [0.4, 0.5) is 0 Å². The number of aromatic nitrogens is 3. The number of nitrogens with zero attached hydrogens (tertiary/aromatic N) is 3. The zero-order valence-corrected chi connectivity index (χ0v) is 6.10. The van der Waals surface area contributed by atoms with Crippen molar-refractivity contribution >= 4 is 5.78 Å². The Labute approximate surface area is 64.6 Å². The van der Waals surface area contributed by atoms with Crippen molar-refractivity contribution in [2.24, 2.45) is 0 Å². The molecule has 0 unspecified atom stereocenters. The van der Waals surface area contributed by atoms with E-state index < -0.39 is 0 Å². The van der Waals surface area contributed by atoms with E-state index in [9.17, 15) is 4.79 Å². The Morgan fingerprint density at radius 2 is 2.55 bits per heavy atom. The van der Waals surface area contributed by atoms with E-state index in [-0.39, 0.29) is 5.78 Å². The number of hydrogen-bond acceptors (Lipinski definition) is 3. The molecule has 1 heterocycles. The van der Waals surface area contributed by atoms with E-state index >= 15 is 0 Å². The number of carbonyl (C=O) groups excluding carboxylic acids is 1. The van der Waals surface area contributed by atoms with Crippen molar-refractivity contribution in [1.29, 1.82) is 0 Å². The molecule has 0 N–H and O–H groups in total. The van der Waals surface area contributed by atoms with Gasteiger partial charge >= 0.3 is 0 Å². The van der Waals surface area contributed by atoms with Crippen LogP contribution in [0, 0.1) is 0 Å². The third-order valence-electron chi connectivity index (χ3n) is 1.28. The van der Waals surface area contributed by atoms with Gasteiger partial charge < -0.3 is 0 Å². The number of allylic oxidation sites excluding steroid dienone is 1. The van der Waals surface area contributed by atoms with Crippen molar-refractivity contribution in [3.05, 3.63) is 25.3 Å². The summed E-state index contributed by atoms with van der Waals surface area (Å²) in [5.41, 5.74) is 0. The Balaban J connectivity index is 2.34. The predicted octanol–water partition coefficient (Wildman–Crippen LogP) is 0.423. The first-order chi connectivity index (χ1) is 5.33. The van der Waals surface area contributed by atoms with Gasteiger partial charge in [-0.25, -0.2) is 4.98 Å². The van der Waals surface area contributed by atoms with E-state index in [4.69, 9.17) is 0 Å². The number of ketones is 1. The lowest BCUT2D eigenvalue weighted by Crippen LogP contribution is -2.03. The average Bonchev–Trinajstić information content (AvgIpc) is 2.52. The molecule has 1 aromatic rings. The molecule has 0 fully saturated rings. The highest BCUT2D eigenvalue weighted by atomic mass is 16.1. The Bertz CT molecular complexity index is 240. The summed E-state index contributed by atoms with van der Waals surface area (Å²) in [6, 6.07) is 0. The van der Waals surface area contributed by atoms with E-state index in [1.54, 1.807) is 11.0 Å². The molecule has 0 amide bonds. The molecule has 0 saturated carbocycles. The first-order valence-corrected chi connectivity index (χ1v) is 3.30. The standard InChI is InChI=1S/C7H9N3O/c1-2-7(11)3-4-10-6-8-5-9-10/h2,5-6H,1,3-4H2. The maximum absolute atomic E-state index is 10.7. The highest BCUT2D eigenvalue weighted by Gasteiger charge is 1.96. The molecule has 0 atom stereocenters. The van der Waals surface area contributed by atoms with Crippen molar-refractivity contribution in [1.82, 2.24) is 14.8 Å². The second kappa shape index (κ2) is 3.65. The minimum atomic E-state index is 0.0282. The average molecular weight is 151 g/mol. The van der Waals surface area contributed by atoms with E-state index in [1.165, 1.54) is 12.4 Å². The highest BCUT2D eigenvalue weighted by Crippen LogP contribution is 1.88. The van der Waals surface area contributed by atoms with Crippen LogP contribution in [-0.4, -0.2) is 20.5 Å². The zero-order valence-electron chi connectivity index (χ0n) is 6.10. The molecule has 1 rings (SSSR count). The highest BCUT2D eigenvalue weighted by molar-refractivity contribution is 5.88. The molecule has 0 aliphatic carbocycles. The lowest BCUT2D eigenvalue weighted by molar-refractivity contribution is -0.114. The van der Waals surface area contributed by atoms with Crippen LogP contribution in [0.3, 0.4) is 0 Å². The van der Waals surface area contributed by atoms with E-state index in [0.29, 0.717) is 13.0 Å². The van der Waals surface area contributed by atoms with Gasteiger partial charge in [0.25, 0.3) is 0 Å². The molecule has 0 radical (unpaired) electrons. The summed E-state index contributed by atoms with van der Waals surface area (Å²) < 4.78 is 1.61. The molecule has 1 aromatic heterocycles. The molecule has 11 heavy (non-hydrogen) atoms. The van der Waals surface area contributed by atoms with E-state index in [0.717, 1.165) is 0 Å². The van der Waals surface area contributed by atoms with Crippen molar-refractivity contribution < 1.29 is 4.79 Å². The first kappa shape index (κ1) is 7.65. The van der Waals surface area contributed by atoms with Gasteiger partial charge in [-0.05, 0) is 6.08 Å². The molecular formula is C7H9N3O. The van der Waals surface area contributed by atoms with E-state index in [1.807, 2.05) is 0 Å². The minimum absolute atomic E-state index is 0.0282. The van der Waals surface area contributed by atoms with Crippen molar-refractivity contribution in [2.75, 3.05) is 0 Å². The van der Waals surface area contributed by atoms with Gasteiger partial charge in [0.2, 0.25) is 0 Å². The molecule has 0 aliphatic rings. The molecule has 58 valence electrons. The van der Waals surface area contributed by atoms with Gasteiger partial charge in [-0.15, -0.1) is 0 Å². The maximum atomic E-state index is 10.7. The molecule has 0 bridgehead atoms. The quantitative estimate of drug-likeness (QED) is 0.586. The summed E-state index contributed by atoms with van der Waals surface area (Å²) >= 11 is 0. The summed E-state index contributed by atoms with van der Waals surface area (Å²) in [5.74, 6) is 0.0282. The maximum Gasteiger partial charge on any atom is 0.156 e. The third kappa shape index (κ3) is 2.33. The summed E-state index contributed by atoms with van der Waals surface area (Å²) in [5, 5.41) is 3.84. The fourth-order valence-corrected chi connectivity index (χ4v) is 0.675. The van der Waals surface area contributed by atoms with Crippen LogP contribution < -0.4 is 0 Å². The molecule has 0 spiro atoms. The number of aryl methyl sites for hydroxylation is 1. The minimum Gasteiger partial charge on any atom is -0.295 e. The molecule has 0 aliphatic heterocycles. The van der Waals surface area contributed by atoms with Gasteiger partial charge in [0.1, 0.15) is 12.7 Å². The van der Waals surface area contributed by atoms with Gasteiger partial charge in [-0.3, -0.25) is 9.48 Å². The van der Waals surface area contributed by atoms with Crippen LogP contribution in [0.5, 0.6) is 0 Å². The largest absolute Gasteiger partial charge is 0.295 e. The normalized spacial score (nSPS) is 9.45. The summed E-state index contributed by atoms with van der Waals surface area (Å²) in [6.45, 7) is 3.94. The summed E-state index contributed by atoms with van der Waals surface area (Å²) in [4.78, 5) is 14.5. The Kier molecular flexibility index (Phi) is 2.54. The first-order valence-electron chi connectivity index (χ1n) is 3.30. The lowest BCUT2D eigenvalue weighted by Gasteiger charge is -1.95. The topological polar surface area (TPSA) is 47.8 Å². The smallest absolute Gasteiger partial charge is 0.156 e. The van der Waals surface area contributed by atoms with Crippen LogP contribution in [0.1, 0.15) is 6.42 Å². The fraction of sp³-hybridized carbons (Fsp3) is 0.286. The Morgan fingerprint density at radius 1 is 1.73 bits per heavy atom. The monoisotopic (exact) mass is 151 g/mol. The Morgan fingerprint density at radius 3 is 3.09 bits per heavy atom. The third-order valence-corrected chi connectivity index (χ3v) is 1.28. The second-order valence-corrected chi connectivity index (χ2v) is 2.08. The van der Waals surface area contributed by atoms with Crippen LogP contribution in [0.15, 0.2) is 25.3 Å². The predicted molar refractivity (Wildman–Crippen MR) is 39.8 cm³/mol. The summed E-state index contributed by atoms with van der Waals surface area (Å²) in [6.07, 6.45) is 4.78. The van der Waals surface area contributed by atoms with Crippen LogP contribution in [0.2, 0.25) is 0 Å². The number of rotatable bonds is 4. The lowest BCUT2D eigenvalue weighted by atomic mass is 10.3. The van der Waals surface area contributed by atoms with Crippen LogP contribution >= 0.6 is 0 Å². The number of hydrogen-bond donors (Lipinski definition) is 0. The van der Waals surface area contributed by atoms with Crippen molar-refractivity contribution in [3.63, 3.8) is 0 Å². The molecule has 0 aromatic carbocycles.